The first-order chi connectivity index (χ1) is 9.18. The highest BCUT2D eigenvalue weighted by Gasteiger charge is 2.38. The summed E-state index contributed by atoms with van der Waals surface area (Å²) in [5.41, 5.74) is -0.146. The predicted octanol–water partition coefficient (Wildman–Crippen LogP) is -0.173. The number of hydrogen-bond donors (Lipinski definition) is 2. The Hall–Kier alpha value is -1.71. The van der Waals surface area contributed by atoms with Crippen LogP contribution < -0.4 is 10.0 Å². The molecular formula is C10H10ClN3O5S. The van der Waals surface area contributed by atoms with Crippen LogP contribution >= 0.6 is 11.6 Å². The summed E-state index contributed by atoms with van der Waals surface area (Å²) in [5, 5.41) is 12.8. The van der Waals surface area contributed by atoms with Gasteiger partial charge in [0.05, 0.1) is 5.56 Å². The first kappa shape index (κ1) is 14.7. The average Bonchev–Trinajstić information content (AvgIpc) is 2.70. The number of aromatic carboxylic acids is 1. The monoisotopic (exact) mass is 319 g/mol. The normalized spacial score (nSPS) is 19.4. The van der Waals surface area contributed by atoms with Crippen LogP contribution in [0.15, 0.2) is 12.1 Å². The molecular weight excluding hydrogens is 310 g/mol. The van der Waals surface area contributed by atoms with Crippen LogP contribution in [0, 0.1) is 0 Å². The molecule has 0 aromatic carbocycles. The molecule has 1 unspecified atom stereocenters. The Morgan fingerprint density at radius 3 is 2.65 bits per heavy atom. The van der Waals surface area contributed by atoms with Gasteiger partial charge in [0.25, 0.3) is 0 Å². The molecule has 0 aliphatic carbocycles. The number of carboxylic acids is 1. The van der Waals surface area contributed by atoms with Crippen molar-refractivity contribution in [2.75, 3.05) is 11.4 Å². The highest BCUT2D eigenvalue weighted by molar-refractivity contribution is 7.89. The molecule has 10 heteroatoms. The molecule has 1 aromatic heterocycles. The average molecular weight is 320 g/mol. The number of halogens is 1. The van der Waals surface area contributed by atoms with Gasteiger partial charge < -0.3 is 5.11 Å². The van der Waals surface area contributed by atoms with Crippen LogP contribution in [0.3, 0.4) is 0 Å². The summed E-state index contributed by atoms with van der Waals surface area (Å²) in [5.74, 6) is -1.74. The third-order valence-electron chi connectivity index (χ3n) is 2.86. The number of rotatable bonds is 3. The lowest BCUT2D eigenvalue weighted by Crippen LogP contribution is -2.32. The molecule has 3 N–H and O–H groups in total. The molecule has 2 heterocycles. The van der Waals surface area contributed by atoms with E-state index in [4.69, 9.17) is 21.8 Å². The molecule has 1 amide bonds. The maximum Gasteiger partial charge on any atom is 0.335 e. The summed E-state index contributed by atoms with van der Waals surface area (Å²) < 4.78 is 22.5. The zero-order valence-electron chi connectivity index (χ0n) is 9.98. The van der Waals surface area contributed by atoms with E-state index in [0.717, 1.165) is 17.0 Å². The quantitative estimate of drug-likeness (QED) is 0.743. The highest BCUT2D eigenvalue weighted by atomic mass is 35.5. The standard InChI is InChI=1S/C10H10ClN3O5S/c11-7-1-5(10(16)17)2-8(13-7)14-4-6(3-9(14)15)20(12,18)19/h1-2,6H,3-4H2,(H,16,17)(H2,12,18,19). The van der Waals surface area contributed by atoms with E-state index in [-0.39, 0.29) is 29.5 Å². The molecule has 0 radical (unpaired) electrons. The molecule has 0 spiro atoms. The highest BCUT2D eigenvalue weighted by Crippen LogP contribution is 2.25. The number of aromatic nitrogens is 1. The molecule has 20 heavy (non-hydrogen) atoms. The van der Waals surface area contributed by atoms with Crippen LogP contribution in [-0.4, -0.2) is 42.2 Å². The number of carbonyl (C=O) groups excluding carboxylic acids is 1. The number of primary sulfonamides is 1. The molecule has 1 aliphatic heterocycles. The van der Waals surface area contributed by atoms with E-state index in [1.54, 1.807) is 0 Å². The van der Waals surface area contributed by atoms with Gasteiger partial charge in [0.15, 0.2) is 0 Å². The fourth-order valence-electron chi connectivity index (χ4n) is 1.86. The molecule has 2 rings (SSSR count). The van der Waals surface area contributed by atoms with E-state index >= 15 is 0 Å². The van der Waals surface area contributed by atoms with E-state index in [1.165, 1.54) is 0 Å². The van der Waals surface area contributed by atoms with Crippen LogP contribution in [0.4, 0.5) is 5.82 Å². The Balaban J connectivity index is 2.38. The van der Waals surface area contributed by atoms with Gasteiger partial charge in [0.1, 0.15) is 16.2 Å². The second-order valence-electron chi connectivity index (χ2n) is 4.26. The van der Waals surface area contributed by atoms with Crippen molar-refractivity contribution in [3.8, 4) is 0 Å². The number of carboxylic acid groups (broad SMARTS) is 1. The Morgan fingerprint density at radius 2 is 2.15 bits per heavy atom. The SMILES string of the molecule is NS(=O)(=O)C1CC(=O)N(c2cc(C(=O)O)cc(Cl)n2)C1. The predicted molar refractivity (Wildman–Crippen MR) is 70.1 cm³/mol. The lowest BCUT2D eigenvalue weighted by molar-refractivity contribution is -0.117. The minimum atomic E-state index is -3.85. The number of carbonyl (C=O) groups is 2. The summed E-state index contributed by atoms with van der Waals surface area (Å²) in [6, 6.07) is 2.28. The molecule has 1 saturated heterocycles. The number of nitrogens with zero attached hydrogens (tertiary/aromatic N) is 2. The number of nitrogens with two attached hydrogens (primary N) is 1. The van der Waals surface area contributed by atoms with Gasteiger partial charge in [-0.2, -0.15) is 0 Å². The Kier molecular flexibility index (Phi) is 3.67. The molecule has 1 atom stereocenters. The fourth-order valence-corrected chi connectivity index (χ4v) is 2.80. The van der Waals surface area contributed by atoms with Gasteiger partial charge in [-0.1, -0.05) is 11.6 Å². The first-order valence-corrected chi connectivity index (χ1v) is 7.40. The van der Waals surface area contributed by atoms with Crippen molar-refractivity contribution >= 4 is 39.3 Å². The van der Waals surface area contributed by atoms with Crippen LogP contribution in [0.25, 0.3) is 0 Å². The van der Waals surface area contributed by atoms with E-state index in [0.29, 0.717) is 0 Å². The van der Waals surface area contributed by atoms with Crippen molar-refractivity contribution in [3.05, 3.63) is 22.8 Å². The zero-order valence-corrected chi connectivity index (χ0v) is 11.6. The van der Waals surface area contributed by atoms with Gasteiger partial charge >= 0.3 is 5.97 Å². The lowest BCUT2D eigenvalue weighted by atomic mass is 10.2. The lowest BCUT2D eigenvalue weighted by Gasteiger charge is -2.15. The summed E-state index contributed by atoms with van der Waals surface area (Å²) in [4.78, 5) is 27.6. The Morgan fingerprint density at radius 1 is 1.50 bits per heavy atom. The molecule has 1 aliphatic rings. The zero-order chi connectivity index (χ0) is 15.1. The van der Waals surface area contributed by atoms with Crippen molar-refractivity contribution < 1.29 is 23.1 Å². The number of hydrogen-bond acceptors (Lipinski definition) is 5. The molecule has 0 bridgehead atoms. The van der Waals surface area contributed by atoms with E-state index in [9.17, 15) is 18.0 Å². The van der Waals surface area contributed by atoms with Crippen LogP contribution in [-0.2, 0) is 14.8 Å². The summed E-state index contributed by atoms with van der Waals surface area (Å²) >= 11 is 5.69. The second kappa shape index (κ2) is 5.00. The van der Waals surface area contributed by atoms with Crippen molar-refractivity contribution in [2.24, 2.45) is 5.14 Å². The number of anilines is 1. The van der Waals surface area contributed by atoms with E-state index < -0.39 is 27.1 Å². The number of pyridine rings is 1. The van der Waals surface area contributed by atoms with Gasteiger partial charge in [-0.25, -0.2) is 23.3 Å². The minimum Gasteiger partial charge on any atom is -0.478 e. The Bertz CT molecular complexity index is 690. The fraction of sp³-hybridized carbons (Fsp3) is 0.300. The van der Waals surface area contributed by atoms with Crippen LogP contribution in [0.1, 0.15) is 16.8 Å². The van der Waals surface area contributed by atoms with Crippen LogP contribution in [0.2, 0.25) is 5.15 Å². The molecule has 8 nitrogen and oxygen atoms in total. The summed E-state index contributed by atoms with van der Waals surface area (Å²) in [6.45, 7) is -0.177. The van der Waals surface area contributed by atoms with Gasteiger partial charge in [0.2, 0.25) is 15.9 Å². The van der Waals surface area contributed by atoms with Crippen molar-refractivity contribution in [1.29, 1.82) is 0 Å². The van der Waals surface area contributed by atoms with Crippen molar-refractivity contribution in [2.45, 2.75) is 11.7 Å². The van der Waals surface area contributed by atoms with Crippen LogP contribution in [0.5, 0.6) is 0 Å². The third kappa shape index (κ3) is 2.89. The largest absolute Gasteiger partial charge is 0.478 e. The molecule has 1 fully saturated rings. The second-order valence-corrected chi connectivity index (χ2v) is 6.49. The molecule has 0 saturated carbocycles. The van der Waals surface area contributed by atoms with Gasteiger partial charge in [-0.15, -0.1) is 0 Å². The topological polar surface area (TPSA) is 131 Å². The smallest absolute Gasteiger partial charge is 0.335 e. The number of sulfonamides is 1. The van der Waals surface area contributed by atoms with Gasteiger partial charge in [-0.3, -0.25) is 9.69 Å². The minimum absolute atomic E-state index is 0.00829. The maximum atomic E-state index is 11.8. The van der Waals surface area contributed by atoms with Gasteiger partial charge in [-0.05, 0) is 12.1 Å². The maximum absolute atomic E-state index is 11.8. The van der Waals surface area contributed by atoms with Crippen molar-refractivity contribution in [1.82, 2.24) is 4.98 Å². The van der Waals surface area contributed by atoms with Crippen molar-refractivity contribution in [3.63, 3.8) is 0 Å². The molecule has 1 aromatic rings. The number of amides is 1. The van der Waals surface area contributed by atoms with E-state index in [1.807, 2.05) is 0 Å². The third-order valence-corrected chi connectivity index (χ3v) is 4.30. The summed E-state index contributed by atoms with van der Waals surface area (Å²) in [7, 11) is -3.85. The van der Waals surface area contributed by atoms with E-state index in [2.05, 4.69) is 4.98 Å². The first-order valence-electron chi connectivity index (χ1n) is 5.41. The van der Waals surface area contributed by atoms with Gasteiger partial charge in [0, 0.05) is 13.0 Å². The summed E-state index contributed by atoms with van der Waals surface area (Å²) in [6.07, 6.45) is -0.268. The molecule has 108 valence electrons. The Labute approximate surface area is 119 Å².